The van der Waals surface area contributed by atoms with Crippen molar-refractivity contribution >= 4 is 26.0 Å². The van der Waals surface area contributed by atoms with Crippen LogP contribution in [-0.4, -0.2) is 29.2 Å². The van der Waals surface area contributed by atoms with E-state index in [9.17, 15) is 13.2 Å². The maximum atomic E-state index is 12.9. The van der Waals surface area contributed by atoms with Gasteiger partial charge in [-0.2, -0.15) is 4.31 Å². The molecular formula is C21H20BrN3O3S. The molecule has 0 atom stereocenters. The molecule has 29 heavy (non-hydrogen) atoms. The van der Waals surface area contributed by atoms with Gasteiger partial charge in [-0.25, -0.2) is 13.4 Å². The van der Waals surface area contributed by atoms with Gasteiger partial charge in [-0.3, -0.25) is 4.79 Å². The van der Waals surface area contributed by atoms with Crippen molar-refractivity contribution in [1.82, 2.24) is 14.3 Å². The van der Waals surface area contributed by atoms with E-state index in [1.807, 2.05) is 31.2 Å². The second-order valence-electron chi connectivity index (χ2n) is 7.08. The van der Waals surface area contributed by atoms with Crippen molar-refractivity contribution in [2.75, 3.05) is 6.54 Å². The van der Waals surface area contributed by atoms with Gasteiger partial charge in [-0.05, 0) is 42.3 Å². The highest BCUT2D eigenvalue weighted by Gasteiger charge is 2.30. The number of nitrogens with zero attached hydrogens (tertiary/aromatic N) is 2. The number of aryl methyl sites for hydroxylation is 1. The lowest BCUT2D eigenvalue weighted by Gasteiger charge is -2.27. The molecule has 0 unspecified atom stereocenters. The van der Waals surface area contributed by atoms with Crippen molar-refractivity contribution in [2.45, 2.75) is 31.2 Å². The Morgan fingerprint density at radius 2 is 1.86 bits per heavy atom. The van der Waals surface area contributed by atoms with Gasteiger partial charge >= 0.3 is 0 Å². The zero-order valence-corrected chi connectivity index (χ0v) is 18.3. The number of sulfonamides is 1. The van der Waals surface area contributed by atoms with Gasteiger partial charge in [0.05, 0.1) is 16.2 Å². The maximum Gasteiger partial charge on any atom is 0.255 e. The van der Waals surface area contributed by atoms with Crippen LogP contribution in [0.5, 0.6) is 0 Å². The largest absolute Gasteiger partial charge is 0.310 e. The SMILES string of the molecule is Cc1ccccc1Cc1nc2c(c(=O)[nH]1)CN(S(=O)(=O)c1ccc(Br)cc1)CC2. The molecule has 1 N–H and O–H groups in total. The fourth-order valence-corrected chi connectivity index (χ4v) is 5.16. The summed E-state index contributed by atoms with van der Waals surface area (Å²) in [6.07, 6.45) is 0.950. The van der Waals surface area contributed by atoms with Crippen LogP contribution in [-0.2, 0) is 29.4 Å². The van der Waals surface area contributed by atoms with Crippen LogP contribution in [0.1, 0.15) is 28.2 Å². The lowest BCUT2D eigenvalue weighted by atomic mass is 10.0. The summed E-state index contributed by atoms with van der Waals surface area (Å²) in [6.45, 7) is 2.35. The highest BCUT2D eigenvalue weighted by molar-refractivity contribution is 9.10. The molecule has 1 aliphatic rings. The summed E-state index contributed by atoms with van der Waals surface area (Å²) < 4.78 is 28.0. The number of aromatic amines is 1. The van der Waals surface area contributed by atoms with Crippen LogP contribution in [0.15, 0.2) is 62.7 Å². The molecule has 6 nitrogen and oxygen atoms in total. The first-order valence-corrected chi connectivity index (χ1v) is 11.5. The summed E-state index contributed by atoms with van der Waals surface area (Å²) in [5, 5.41) is 0. The van der Waals surface area contributed by atoms with E-state index in [2.05, 4.69) is 25.9 Å². The number of H-pyrrole nitrogens is 1. The van der Waals surface area contributed by atoms with Crippen molar-refractivity contribution in [2.24, 2.45) is 0 Å². The molecule has 1 aliphatic heterocycles. The summed E-state index contributed by atoms with van der Waals surface area (Å²) in [4.78, 5) is 20.4. The number of fused-ring (bicyclic) bond motifs is 1. The van der Waals surface area contributed by atoms with Crippen LogP contribution in [0.3, 0.4) is 0 Å². The average Bonchev–Trinajstić information content (AvgIpc) is 2.70. The summed E-state index contributed by atoms with van der Waals surface area (Å²) in [6, 6.07) is 14.5. The average molecular weight is 474 g/mol. The monoisotopic (exact) mass is 473 g/mol. The molecule has 4 rings (SSSR count). The molecule has 0 bridgehead atoms. The number of hydrogen-bond donors (Lipinski definition) is 1. The van der Waals surface area contributed by atoms with Crippen LogP contribution in [0.2, 0.25) is 0 Å². The Bertz CT molecular complexity index is 1220. The van der Waals surface area contributed by atoms with Crippen molar-refractivity contribution in [3.05, 3.63) is 91.6 Å². The van der Waals surface area contributed by atoms with Gasteiger partial charge in [0.1, 0.15) is 5.82 Å². The molecule has 0 radical (unpaired) electrons. The minimum atomic E-state index is -3.67. The molecule has 8 heteroatoms. The van der Waals surface area contributed by atoms with Crippen LogP contribution < -0.4 is 5.56 Å². The van der Waals surface area contributed by atoms with Gasteiger partial charge in [-0.15, -0.1) is 0 Å². The first-order chi connectivity index (χ1) is 13.8. The van der Waals surface area contributed by atoms with Gasteiger partial charge in [-0.1, -0.05) is 40.2 Å². The minimum Gasteiger partial charge on any atom is -0.310 e. The Morgan fingerprint density at radius 1 is 1.14 bits per heavy atom. The van der Waals surface area contributed by atoms with E-state index < -0.39 is 10.0 Å². The van der Waals surface area contributed by atoms with Crippen molar-refractivity contribution < 1.29 is 8.42 Å². The highest BCUT2D eigenvalue weighted by Crippen LogP contribution is 2.24. The second kappa shape index (κ2) is 7.85. The topological polar surface area (TPSA) is 83.1 Å². The van der Waals surface area contributed by atoms with Crippen molar-refractivity contribution in [3.8, 4) is 0 Å². The van der Waals surface area contributed by atoms with Gasteiger partial charge in [0.15, 0.2) is 0 Å². The summed E-state index contributed by atoms with van der Waals surface area (Å²) in [7, 11) is -3.67. The third-order valence-electron chi connectivity index (χ3n) is 5.15. The molecule has 2 aromatic carbocycles. The fourth-order valence-electron chi connectivity index (χ4n) is 3.49. The van der Waals surface area contributed by atoms with E-state index in [-0.39, 0.29) is 17.0 Å². The highest BCUT2D eigenvalue weighted by atomic mass is 79.9. The van der Waals surface area contributed by atoms with E-state index in [1.165, 1.54) is 4.31 Å². The number of nitrogens with one attached hydrogen (secondary N) is 1. The minimum absolute atomic E-state index is 0.0285. The Hall–Kier alpha value is -2.29. The standard InChI is InChI=1S/C21H20BrN3O3S/c1-14-4-2-3-5-15(14)12-20-23-19-10-11-25(13-18(19)21(26)24-20)29(27,28)17-8-6-16(22)7-9-17/h2-9H,10-13H2,1H3,(H,23,24,26). The summed E-state index contributed by atoms with van der Waals surface area (Å²) in [5.41, 5.74) is 3.07. The molecule has 0 fully saturated rings. The quantitative estimate of drug-likeness (QED) is 0.630. The zero-order chi connectivity index (χ0) is 20.6. The zero-order valence-electron chi connectivity index (χ0n) is 15.9. The molecule has 3 aromatic rings. The predicted octanol–water partition coefficient (Wildman–Crippen LogP) is 3.18. The Kier molecular flexibility index (Phi) is 5.42. The van der Waals surface area contributed by atoms with Crippen LogP contribution in [0.25, 0.3) is 0 Å². The Balaban J connectivity index is 1.61. The normalized spacial score (nSPS) is 14.6. The maximum absolute atomic E-state index is 12.9. The number of hydrogen-bond acceptors (Lipinski definition) is 4. The van der Waals surface area contributed by atoms with E-state index in [4.69, 9.17) is 0 Å². The molecule has 150 valence electrons. The summed E-state index contributed by atoms with van der Waals surface area (Å²) in [5.74, 6) is 0.604. The first kappa shape index (κ1) is 20.0. The predicted molar refractivity (Wildman–Crippen MR) is 114 cm³/mol. The fraction of sp³-hybridized carbons (Fsp3) is 0.238. The van der Waals surface area contributed by atoms with E-state index in [0.29, 0.717) is 36.5 Å². The molecular weight excluding hydrogens is 454 g/mol. The van der Waals surface area contributed by atoms with Crippen molar-refractivity contribution in [1.29, 1.82) is 0 Å². The molecule has 0 amide bonds. The van der Waals surface area contributed by atoms with Crippen LogP contribution in [0.4, 0.5) is 0 Å². The van der Waals surface area contributed by atoms with Gasteiger partial charge in [0.25, 0.3) is 5.56 Å². The molecule has 2 heterocycles. The van der Waals surface area contributed by atoms with Gasteiger partial charge in [0.2, 0.25) is 10.0 Å². The van der Waals surface area contributed by atoms with Gasteiger partial charge in [0, 0.05) is 30.4 Å². The molecule has 0 spiro atoms. The number of halogens is 1. The third kappa shape index (κ3) is 4.05. The molecule has 1 aromatic heterocycles. The van der Waals surface area contributed by atoms with E-state index in [0.717, 1.165) is 15.6 Å². The van der Waals surface area contributed by atoms with Crippen molar-refractivity contribution in [3.63, 3.8) is 0 Å². The Morgan fingerprint density at radius 3 is 2.59 bits per heavy atom. The van der Waals surface area contributed by atoms with Crippen LogP contribution in [0, 0.1) is 6.92 Å². The molecule has 0 saturated carbocycles. The van der Waals surface area contributed by atoms with Gasteiger partial charge < -0.3 is 4.98 Å². The Labute approximate surface area is 177 Å². The molecule has 0 aliphatic carbocycles. The van der Waals surface area contributed by atoms with E-state index in [1.54, 1.807) is 24.3 Å². The third-order valence-corrected chi connectivity index (χ3v) is 7.54. The molecule has 0 saturated heterocycles. The van der Waals surface area contributed by atoms with Crippen LogP contribution >= 0.6 is 15.9 Å². The lowest BCUT2D eigenvalue weighted by molar-refractivity contribution is 0.384. The first-order valence-electron chi connectivity index (χ1n) is 9.26. The number of aromatic nitrogens is 2. The second-order valence-corrected chi connectivity index (χ2v) is 9.94. The number of rotatable bonds is 4. The lowest BCUT2D eigenvalue weighted by Crippen LogP contribution is -2.39. The number of benzene rings is 2. The van der Waals surface area contributed by atoms with E-state index >= 15 is 0 Å². The summed E-state index contributed by atoms with van der Waals surface area (Å²) >= 11 is 3.31. The smallest absolute Gasteiger partial charge is 0.255 e.